The molecule has 0 unspecified atom stereocenters. The van der Waals surface area contributed by atoms with Crippen molar-refractivity contribution >= 4 is 24.0 Å². The minimum atomic E-state index is -6.50. The first-order valence-electron chi connectivity index (χ1n) is 9.49. The van der Waals surface area contributed by atoms with Crippen molar-refractivity contribution in [3.05, 3.63) is 65.7 Å². The lowest BCUT2D eigenvalue weighted by Gasteiger charge is -2.27. The van der Waals surface area contributed by atoms with E-state index in [4.69, 9.17) is 9.84 Å². The number of alkyl halides is 7. The van der Waals surface area contributed by atoms with E-state index >= 15 is 0 Å². The Morgan fingerprint density at radius 2 is 1.31 bits per heavy atom. The van der Waals surface area contributed by atoms with Crippen LogP contribution in [0.25, 0.3) is 6.08 Å². The van der Waals surface area contributed by atoms with Gasteiger partial charge in [-0.25, -0.2) is 9.59 Å². The van der Waals surface area contributed by atoms with Crippen LogP contribution in [0.3, 0.4) is 0 Å². The number of benzene rings is 2. The quantitative estimate of drug-likeness (QED) is 0.208. The van der Waals surface area contributed by atoms with E-state index in [0.29, 0.717) is 5.56 Å². The van der Waals surface area contributed by atoms with Crippen molar-refractivity contribution in [2.24, 2.45) is 0 Å². The van der Waals surface area contributed by atoms with Crippen molar-refractivity contribution in [1.29, 1.82) is 0 Å². The summed E-state index contributed by atoms with van der Waals surface area (Å²) in [5.74, 6) is -15.5. The van der Waals surface area contributed by atoms with Crippen molar-refractivity contribution in [3.63, 3.8) is 0 Å². The predicted molar refractivity (Wildman–Crippen MR) is 105 cm³/mol. The summed E-state index contributed by atoms with van der Waals surface area (Å²) in [5.41, 5.74) is 0.495. The number of carbonyl (C=O) groups excluding carboxylic acids is 2. The first-order valence-corrected chi connectivity index (χ1v) is 9.49. The van der Waals surface area contributed by atoms with Gasteiger partial charge in [-0.05, 0) is 48.0 Å². The minimum absolute atomic E-state index is 0.0315. The summed E-state index contributed by atoms with van der Waals surface area (Å²) in [6.07, 6.45) is -7.80. The van der Waals surface area contributed by atoms with Gasteiger partial charge in [0.05, 0.1) is 12.0 Å². The summed E-state index contributed by atoms with van der Waals surface area (Å²) in [7, 11) is 0. The molecule has 0 spiro atoms. The number of carbonyl (C=O) groups is 3. The largest absolute Gasteiger partial charge is 0.478 e. The molecule has 0 aliphatic carbocycles. The second kappa shape index (κ2) is 10.6. The highest BCUT2D eigenvalue weighted by Crippen LogP contribution is 2.48. The molecule has 6 nitrogen and oxygen atoms in total. The van der Waals surface area contributed by atoms with Gasteiger partial charge in [0.25, 0.3) is 0 Å². The third-order valence-electron chi connectivity index (χ3n) is 4.29. The summed E-state index contributed by atoms with van der Waals surface area (Å²) >= 11 is 0. The zero-order chi connectivity index (χ0) is 26.4. The topological polar surface area (TPSA) is 89.9 Å². The van der Waals surface area contributed by atoms with Gasteiger partial charge in [-0.1, -0.05) is 12.1 Å². The molecule has 2 rings (SSSR count). The van der Waals surface area contributed by atoms with Crippen molar-refractivity contribution in [3.8, 4) is 11.5 Å². The molecule has 13 heteroatoms. The Kier molecular flexibility index (Phi) is 8.26. The maximum absolute atomic E-state index is 13.3. The zero-order valence-corrected chi connectivity index (χ0v) is 17.3. The minimum Gasteiger partial charge on any atom is -0.478 e. The zero-order valence-electron chi connectivity index (χ0n) is 17.3. The van der Waals surface area contributed by atoms with Crippen LogP contribution >= 0.6 is 0 Å². The molecule has 0 fully saturated rings. The van der Waals surface area contributed by atoms with Gasteiger partial charge in [0.15, 0.2) is 0 Å². The fourth-order valence-corrected chi connectivity index (χ4v) is 2.45. The van der Waals surface area contributed by atoms with Crippen LogP contribution in [-0.2, 0) is 9.59 Å². The van der Waals surface area contributed by atoms with E-state index in [0.717, 1.165) is 30.3 Å². The lowest BCUT2D eigenvalue weighted by atomic mass is 10.1. The normalized spacial score (nSPS) is 12.4. The van der Waals surface area contributed by atoms with E-state index in [-0.39, 0.29) is 17.1 Å². The standard InChI is InChI=1S/C22H15F7O6/c23-20(24,21(25,26)22(27,28)29)12-11-18(32)34-15-8-4-14(5-9-15)19(33)35-16-6-1-13(2-7-16)3-10-17(30)31/h1-10H,11-12H2,(H,30,31). The number of aliphatic carboxylic acids is 1. The number of hydrogen-bond acceptors (Lipinski definition) is 5. The molecule has 0 aliphatic rings. The molecule has 2 aromatic rings. The number of carboxylic acids is 1. The summed E-state index contributed by atoms with van der Waals surface area (Å²) < 4.78 is 98.3. The molecule has 0 saturated carbocycles. The van der Waals surface area contributed by atoms with Crippen LogP contribution in [0, 0.1) is 0 Å². The molecule has 0 heterocycles. The Morgan fingerprint density at radius 3 is 1.83 bits per heavy atom. The van der Waals surface area contributed by atoms with Crippen LogP contribution in [-0.4, -0.2) is 41.0 Å². The van der Waals surface area contributed by atoms with Gasteiger partial charge in [-0.3, -0.25) is 4.79 Å². The van der Waals surface area contributed by atoms with Crippen LogP contribution in [0.5, 0.6) is 11.5 Å². The Labute approximate surface area is 192 Å². The molecule has 0 amide bonds. The second-order valence-electron chi connectivity index (χ2n) is 6.91. The van der Waals surface area contributed by atoms with Crippen molar-refractivity contribution < 1.29 is 59.7 Å². The number of rotatable bonds is 9. The van der Waals surface area contributed by atoms with Gasteiger partial charge in [0, 0.05) is 12.5 Å². The molecule has 1 N–H and O–H groups in total. The molecular formula is C22H15F7O6. The van der Waals surface area contributed by atoms with Gasteiger partial charge in [-0.2, -0.15) is 30.7 Å². The van der Waals surface area contributed by atoms with Gasteiger partial charge in [0.2, 0.25) is 0 Å². The Balaban J connectivity index is 1.92. The Morgan fingerprint density at radius 1 is 0.800 bits per heavy atom. The van der Waals surface area contributed by atoms with E-state index in [1.54, 1.807) is 0 Å². The number of esters is 2. The summed E-state index contributed by atoms with van der Waals surface area (Å²) in [6.45, 7) is 0. The first-order chi connectivity index (χ1) is 16.1. The third-order valence-corrected chi connectivity index (χ3v) is 4.29. The fourth-order valence-electron chi connectivity index (χ4n) is 2.45. The second-order valence-corrected chi connectivity index (χ2v) is 6.91. The number of hydrogen-bond donors (Lipinski definition) is 1. The number of ether oxygens (including phenoxy) is 2. The number of halogens is 7. The highest BCUT2D eigenvalue weighted by molar-refractivity contribution is 5.91. The van der Waals surface area contributed by atoms with Gasteiger partial charge >= 0.3 is 35.9 Å². The summed E-state index contributed by atoms with van der Waals surface area (Å²) in [6, 6.07) is 10.1. The third kappa shape index (κ3) is 7.29. The average Bonchev–Trinajstić information content (AvgIpc) is 2.77. The lowest BCUT2D eigenvalue weighted by Crippen LogP contribution is -2.52. The SMILES string of the molecule is O=C(O)C=Cc1ccc(OC(=O)c2ccc(OC(=O)CCC(F)(F)C(F)(F)C(F)(F)F)cc2)cc1. The van der Waals surface area contributed by atoms with Crippen molar-refractivity contribution in [1.82, 2.24) is 0 Å². The van der Waals surface area contributed by atoms with E-state index in [2.05, 4.69) is 4.74 Å². The van der Waals surface area contributed by atoms with Crippen LogP contribution in [0.2, 0.25) is 0 Å². The van der Waals surface area contributed by atoms with E-state index in [9.17, 15) is 45.1 Å². The average molecular weight is 508 g/mol. The van der Waals surface area contributed by atoms with Crippen LogP contribution in [0.1, 0.15) is 28.8 Å². The van der Waals surface area contributed by atoms with Gasteiger partial charge < -0.3 is 14.6 Å². The Hall–Kier alpha value is -3.90. The van der Waals surface area contributed by atoms with Crippen LogP contribution in [0.4, 0.5) is 30.7 Å². The monoisotopic (exact) mass is 508 g/mol. The fraction of sp³-hybridized carbons (Fsp3) is 0.227. The molecule has 0 atom stereocenters. The van der Waals surface area contributed by atoms with Crippen molar-refractivity contribution in [2.75, 3.05) is 0 Å². The first kappa shape index (κ1) is 27.3. The summed E-state index contributed by atoms with van der Waals surface area (Å²) in [5, 5.41) is 8.58. The maximum Gasteiger partial charge on any atom is 0.459 e. The molecule has 0 aliphatic heterocycles. The molecular weight excluding hydrogens is 493 g/mol. The van der Waals surface area contributed by atoms with Crippen LogP contribution in [0.15, 0.2) is 54.6 Å². The molecule has 0 radical (unpaired) electrons. The predicted octanol–water partition coefficient (Wildman–Crippen LogP) is 5.52. The summed E-state index contributed by atoms with van der Waals surface area (Å²) in [4.78, 5) is 34.3. The van der Waals surface area contributed by atoms with Gasteiger partial charge in [-0.15, -0.1) is 0 Å². The molecule has 35 heavy (non-hydrogen) atoms. The van der Waals surface area contributed by atoms with E-state index in [1.807, 2.05) is 0 Å². The highest BCUT2D eigenvalue weighted by Gasteiger charge is 2.72. The highest BCUT2D eigenvalue weighted by atomic mass is 19.4. The molecule has 0 saturated heterocycles. The van der Waals surface area contributed by atoms with Crippen LogP contribution < -0.4 is 9.47 Å². The van der Waals surface area contributed by atoms with E-state index in [1.165, 1.54) is 30.3 Å². The van der Waals surface area contributed by atoms with Gasteiger partial charge in [0.1, 0.15) is 11.5 Å². The molecule has 2 aromatic carbocycles. The lowest BCUT2D eigenvalue weighted by molar-refractivity contribution is -0.355. The van der Waals surface area contributed by atoms with E-state index < -0.39 is 48.8 Å². The Bertz CT molecular complexity index is 1090. The van der Waals surface area contributed by atoms with Crippen molar-refractivity contribution in [2.45, 2.75) is 30.9 Å². The molecule has 0 bridgehead atoms. The molecule has 0 aromatic heterocycles. The smallest absolute Gasteiger partial charge is 0.459 e. The number of carboxylic acid groups (broad SMARTS) is 1. The maximum atomic E-state index is 13.3. The molecule has 188 valence electrons.